The fourth-order valence-electron chi connectivity index (χ4n) is 1.55. The molecule has 0 saturated heterocycles. The number of thiophene rings is 1. The van der Waals surface area contributed by atoms with Gasteiger partial charge in [0.15, 0.2) is 5.82 Å². The van der Waals surface area contributed by atoms with Crippen LogP contribution in [0.15, 0.2) is 11.4 Å². The maximum atomic E-state index is 4.61. The van der Waals surface area contributed by atoms with E-state index in [-0.39, 0.29) is 0 Å². The largest absolute Gasteiger partial charge is 0.371 e. The fourth-order valence-corrected chi connectivity index (χ4v) is 2.23. The van der Waals surface area contributed by atoms with Crippen molar-refractivity contribution in [3.8, 4) is 11.3 Å². The molecule has 0 unspecified atom stereocenters. The minimum atomic E-state index is 0.848. The van der Waals surface area contributed by atoms with Crippen molar-refractivity contribution in [3.63, 3.8) is 0 Å². The van der Waals surface area contributed by atoms with Crippen molar-refractivity contribution in [3.05, 3.63) is 27.7 Å². The van der Waals surface area contributed by atoms with Crippen molar-refractivity contribution in [2.75, 3.05) is 12.4 Å². The molecule has 84 valence electrons. The molecule has 0 radical (unpaired) electrons. The Kier molecular flexibility index (Phi) is 2.92. The summed E-state index contributed by atoms with van der Waals surface area (Å²) in [4.78, 5) is 10.4. The van der Waals surface area contributed by atoms with E-state index in [2.05, 4.69) is 33.7 Å². The van der Waals surface area contributed by atoms with E-state index < -0.39 is 0 Å². The second-order valence-electron chi connectivity index (χ2n) is 3.79. The molecule has 0 saturated carbocycles. The van der Waals surface area contributed by atoms with Crippen LogP contribution in [0.25, 0.3) is 11.3 Å². The van der Waals surface area contributed by atoms with Crippen LogP contribution in [0.1, 0.15) is 16.3 Å². The number of nitrogens with one attached hydrogen (secondary N) is 1. The summed E-state index contributed by atoms with van der Waals surface area (Å²) in [6.07, 6.45) is 0. The van der Waals surface area contributed by atoms with E-state index in [4.69, 9.17) is 0 Å². The monoisotopic (exact) mass is 233 g/mol. The van der Waals surface area contributed by atoms with Gasteiger partial charge in [0.05, 0.1) is 11.4 Å². The second-order valence-corrected chi connectivity index (χ2v) is 4.90. The Hall–Kier alpha value is -1.42. The van der Waals surface area contributed by atoms with Gasteiger partial charge in [-0.2, -0.15) is 0 Å². The zero-order valence-electron chi connectivity index (χ0n) is 9.96. The molecule has 0 fully saturated rings. The summed E-state index contributed by atoms with van der Waals surface area (Å²) in [6.45, 7) is 6.07. The molecule has 0 aliphatic heterocycles. The normalized spacial score (nSPS) is 10.5. The topological polar surface area (TPSA) is 37.8 Å². The van der Waals surface area contributed by atoms with Crippen LogP contribution < -0.4 is 5.32 Å². The summed E-state index contributed by atoms with van der Waals surface area (Å²) in [5, 5.41) is 5.22. The Balaban J connectivity index is 2.59. The summed E-state index contributed by atoms with van der Waals surface area (Å²) in [5.74, 6) is 0.848. The Morgan fingerprint density at radius 2 is 1.81 bits per heavy atom. The van der Waals surface area contributed by atoms with Gasteiger partial charge in [-0.15, -0.1) is 11.3 Å². The number of nitrogens with zero attached hydrogens (tertiary/aromatic N) is 2. The van der Waals surface area contributed by atoms with E-state index in [1.165, 1.54) is 4.88 Å². The lowest BCUT2D eigenvalue weighted by molar-refractivity contribution is 1.05. The third kappa shape index (κ3) is 1.93. The van der Waals surface area contributed by atoms with Gasteiger partial charge in [-0.05, 0) is 26.8 Å². The number of hydrogen-bond acceptors (Lipinski definition) is 4. The highest BCUT2D eigenvalue weighted by Crippen LogP contribution is 2.28. The van der Waals surface area contributed by atoms with Crippen molar-refractivity contribution in [2.45, 2.75) is 20.8 Å². The van der Waals surface area contributed by atoms with Crippen LogP contribution in [-0.2, 0) is 0 Å². The standard InChI is InChI=1S/C12H15N3S/c1-7-5-10(6-16-7)11-12(13-4)15-9(3)8(2)14-11/h5-6H,1-4H3,(H,13,15). The summed E-state index contributed by atoms with van der Waals surface area (Å²) in [6, 6.07) is 2.14. The molecule has 0 aliphatic carbocycles. The Morgan fingerprint density at radius 1 is 1.12 bits per heavy atom. The van der Waals surface area contributed by atoms with Crippen molar-refractivity contribution in [1.82, 2.24) is 9.97 Å². The quantitative estimate of drug-likeness (QED) is 0.865. The molecule has 16 heavy (non-hydrogen) atoms. The van der Waals surface area contributed by atoms with Gasteiger partial charge in [-0.3, -0.25) is 0 Å². The zero-order chi connectivity index (χ0) is 11.7. The number of aryl methyl sites for hydroxylation is 3. The summed E-state index contributed by atoms with van der Waals surface area (Å²) < 4.78 is 0. The molecular formula is C12H15N3S. The molecule has 0 spiro atoms. The maximum absolute atomic E-state index is 4.61. The number of aromatic nitrogens is 2. The molecule has 0 aromatic carbocycles. The van der Waals surface area contributed by atoms with E-state index in [0.717, 1.165) is 28.5 Å². The highest BCUT2D eigenvalue weighted by molar-refractivity contribution is 7.10. The first kappa shape index (κ1) is 11.1. The van der Waals surface area contributed by atoms with Gasteiger partial charge in [0.2, 0.25) is 0 Å². The minimum absolute atomic E-state index is 0.848. The summed E-state index contributed by atoms with van der Waals surface area (Å²) in [7, 11) is 1.88. The smallest absolute Gasteiger partial charge is 0.152 e. The predicted octanol–water partition coefficient (Wildman–Crippen LogP) is 3.17. The Labute approximate surface area is 99.6 Å². The first-order chi connectivity index (χ1) is 7.61. The third-order valence-electron chi connectivity index (χ3n) is 2.55. The van der Waals surface area contributed by atoms with Crippen LogP contribution in [0, 0.1) is 20.8 Å². The van der Waals surface area contributed by atoms with Crippen LogP contribution in [0.5, 0.6) is 0 Å². The minimum Gasteiger partial charge on any atom is -0.371 e. The lowest BCUT2D eigenvalue weighted by atomic mass is 10.2. The molecule has 2 aromatic rings. The van der Waals surface area contributed by atoms with Crippen molar-refractivity contribution >= 4 is 17.2 Å². The molecule has 0 atom stereocenters. The maximum Gasteiger partial charge on any atom is 0.152 e. The zero-order valence-corrected chi connectivity index (χ0v) is 10.8. The summed E-state index contributed by atoms with van der Waals surface area (Å²) >= 11 is 1.73. The van der Waals surface area contributed by atoms with Gasteiger partial charge < -0.3 is 5.32 Å². The van der Waals surface area contributed by atoms with Crippen LogP contribution >= 0.6 is 11.3 Å². The number of hydrogen-bond donors (Lipinski definition) is 1. The van der Waals surface area contributed by atoms with Gasteiger partial charge in [-0.25, -0.2) is 9.97 Å². The number of anilines is 1. The van der Waals surface area contributed by atoms with Crippen molar-refractivity contribution in [1.29, 1.82) is 0 Å². The fraction of sp³-hybridized carbons (Fsp3) is 0.333. The van der Waals surface area contributed by atoms with Crippen LogP contribution in [0.4, 0.5) is 5.82 Å². The van der Waals surface area contributed by atoms with Crippen LogP contribution in [0.3, 0.4) is 0 Å². The third-order valence-corrected chi connectivity index (χ3v) is 3.41. The Morgan fingerprint density at radius 3 is 2.38 bits per heavy atom. The van der Waals surface area contributed by atoms with Crippen LogP contribution in [0.2, 0.25) is 0 Å². The van der Waals surface area contributed by atoms with Crippen molar-refractivity contribution < 1.29 is 0 Å². The van der Waals surface area contributed by atoms with Gasteiger partial charge >= 0.3 is 0 Å². The first-order valence-corrected chi connectivity index (χ1v) is 6.08. The van der Waals surface area contributed by atoms with E-state index in [1.54, 1.807) is 11.3 Å². The molecule has 2 rings (SSSR count). The van der Waals surface area contributed by atoms with Crippen molar-refractivity contribution in [2.24, 2.45) is 0 Å². The average Bonchev–Trinajstić information content (AvgIpc) is 2.68. The van der Waals surface area contributed by atoms with Crippen LogP contribution in [-0.4, -0.2) is 17.0 Å². The molecule has 4 heteroatoms. The summed E-state index contributed by atoms with van der Waals surface area (Å²) in [5.41, 5.74) is 4.04. The SMILES string of the molecule is CNc1nc(C)c(C)nc1-c1csc(C)c1. The molecule has 2 aromatic heterocycles. The van der Waals surface area contributed by atoms with E-state index in [9.17, 15) is 0 Å². The van der Waals surface area contributed by atoms with Gasteiger partial charge in [0, 0.05) is 22.9 Å². The predicted molar refractivity (Wildman–Crippen MR) is 69.1 cm³/mol. The van der Waals surface area contributed by atoms with E-state index >= 15 is 0 Å². The Bertz CT molecular complexity index is 517. The van der Waals surface area contributed by atoms with Gasteiger partial charge in [-0.1, -0.05) is 0 Å². The highest BCUT2D eigenvalue weighted by Gasteiger charge is 2.11. The highest BCUT2D eigenvalue weighted by atomic mass is 32.1. The number of rotatable bonds is 2. The van der Waals surface area contributed by atoms with E-state index in [1.807, 2.05) is 20.9 Å². The molecule has 0 aliphatic rings. The van der Waals surface area contributed by atoms with Gasteiger partial charge in [0.1, 0.15) is 5.69 Å². The molecule has 3 nitrogen and oxygen atoms in total. The molecule has 2 heterocycles. The second kappa shape index (κ2) is 4.22. The first-order valence-electron chi connectivity index (χ1n) is 5.20. The molecular weight excluding hydrogens is 218 g/mol. The molecule has 1 N–H and O–H groups in total. The lowest BCUT2D eigenvalue weighted by Crippen LogP contribution is -2.02. The van der Waals surface area contributed by atoms with Gasteiger partial charge in [0.25, 0.3) is 0 Å². The van der Waals surface area contributed by atoms with E-state index in [0.29, 0.717) is 0 Å². The molecule has 0 bridgehead atoms. The molecule has 0 amide bonds. The average molecular weight is 233 g/mol. The lowest BCUT2D eigenvalue weighted by Gasteiger charge is -2.08.